The van der Waals surface area contributed by atoms with E-state index in [1.165, 1.54) is 12.1 Å². The molecule has 0 heterocycles. The molecule has 3 nitrogen and oxygen atoms in total. The van der Waals surface area contributed by atoms with Crippen molar-refractivity contribution in [2.24, 2.45) is 0 Å². The zero-order chi connectivity index (χ0) is 10.2. The molecule has 0 radical (unpaired) electrons. The standard InChI is InChI=1S/C10H8O3S.2Na.2H/c11-14(12,13)10-6-5-8-3-1-2-4-9(8)7-10;;;;/h1-7H,(H,11,12,13);;;;. The van der Waals surface area contributed by atoms with E-state index in [4.69, 9.17) is 4.55 Å². The van der Waals surface area contributed by atoms with Crippen LogP contribution in [0.4, 0.5) is 0 Å². The Kier molecular flexibility index (Phi) is 6.77. The van der Waals surface area contributed by atoms with Gasteiger partial charge >= 0.3 is 59.1 Å². The van der Waals surface area contributed by atoms with Crippen LogP contribution in [0.5, 0.6) is 0 Å². The molecule has 0 bridgehead atoms. The zero-order valence-corrected chi connectivity index (χ0v) is 8.03. The summed E-state index contributed by atoms with van der Waals surface area (Å²) in [6, 6.07) is 11.9. The Hall–Kier alpha value is 0.610. The van der Waals surface area contributed by atoms with Crippen molar-refractivity contribution in [1.82, 2.24) is 0 Å². The SMILES string of the molecule is O=S(=O)(O)c1ccc2ccccc2c1.[NaH].[NaH]. The van der Waals surface area contributed by atoms with Crippen molar-refractivity contribution in [3.05, 3.63) is 42.5 Å². The minimum atomic E-state index is -4.09. The third-order valence-corrected chi connectivity index (χ3v) is 2.87. The van der Waals surface area contributed by atoms with Gasteiger partial charge in [0.15, 0.2) is 0 Å². The van der Waals surface area contributed by atoms with Crippen molar-refractivity contribution < 1.29 is 13.0 Å². The van der Waals surface area contributed by atoms with E-state index >= 15 is 0 Å². The Bertz CT molecular complexity index is 581. The maximum atomic E-state index is 10.8. The molecule has 0 aliphatic heterocycles. The Morgan fingerprint density at radius 2 is 1.44 bits per heavy atom. The van der Waals surface area contributed by atoms with Gasteiger partial charge in [0.2, 0.25) is 0 Å². The van der Waals surface area contributed by atoms with E-state index in [9.17, 15) is 8.42 Å². The summed E-state index contributed by atoms with van der Waals surface area (Å²) in [6.45, 7) is 0. The number of hydrogen-bond acceptors (Lipinski definition) is 2. The summed E-state index contributed by atoms with van der Waals surface area (Å²) in [5.74, 6) is 0. The van der Waals surface area contributed by atoms with Crippen LogP contribution in [-0.4, -0.2) is 72.1 Å². The summed E-state index contributed by atoms with van der Waals surface area (Å²) in [4.78, 5) is -0.0730. The number of rotatable bonds is 1. The number of hydrogen-bond donors (Lipinski definition) is 1. The van der Waals surface area contributed by atoms with E-state index in [2.05, 4.69) is 0 Å². The summed E-state index contributed by atoms with van der Waals surface area (Å²) in [6.07, 6.45) is 0. The fourth-order valence-electron chi connectivity index (χ4n) is 1.33. The topological polar surface area (TPSA) is 54.4 Å². The molecule has 1 N–H and O–H groups in total. The van der Waals surface area contributed by atoms with Gasteiger partial charge in [-0.3, -0.25) is 4.55 Å². The van der Waals surface area contributed by atoms with Gasteiger partial charge in [0.1, 0.15) is 0 Å². The summed E-state index contributed by atoms with van der Waals surface area (Å²) < 4.78 is 30.5. The van der Waals surface area contributed by atoms with Gasteiger partial charge in [-0.15, -0.1) is 0 Å². The second-order valence-electron chi connectivity index (χ2n) is 2.98. The Balaban J connectivity index is 0.00000112. The molecular weight excluding hydrogens is 246 g/mol. The van der Waals surface area contributed by atoms with Crippen LogP contribution in [0.15, 0.2) is 47.4 Å². The minimum absolute atomic E-state index is 0. The average molecular weight is 256 g/mol. The van der Waals surface area contributed by atoms with Gasteiger partial charge < -0.3 is 0 Å². The van der Waals surface area contributed by atoms with Crippen LogP contribution >= 0.6 is 0 Å². The van der Waals surface area contributed by atoms with E-state index in [0.717, 1.165) is 10.8 Å². The van der Waals surface area contributed by atoms with E-state index in [-0.39, 0.29) is 64.0 Å². The summed E-state index contributed by atoms with van der Waals surface area (Å²) in [5.41, 5.74) is 0. The van der Waals surface area contributed by atoms with E-state index < -0.39 is 10.1 Å². The molecule has 6 heteroatoms. The molecule has 0 saturated heterocycles. The molecule has 0 spiro atoms. The second-order valence-corrected chi connectivity index (χ2v) is 4.41. The van der Waals surface area contributed by atoms with E-state index in [1.54, 1.807) is 12.1 Å². The Labute approximate surface area is 139 Å². The molecule has 0 unspecified atom stereocenters. The van der Waals surface area contributed by atoms with Crippen LogP contribution in [0.25, 0.3) is 10.8 Å². The molecule has 0 aliphatic carbocycles. The summed E-state index contributed by atoms with van der Waals surface area (Å²) in [7, 11) is -4.09. The van der Waals surface area contributed by atoms with Crippen LogP contribution < -0.4 is 0 Å². The van der Waals surface area contributed by atoms with Crippen LogP contribution in [0.2, 0.25) is 0 Å². The monoisotopic (exact) mass is 256 g/mol. The molecule has 0 atom stereocenters. The maximum absolute atomic E-state index is 10.8. The summed E-state index contributed by atoms with van der Waals surface area (Å²) >= 11 is 0. The van der Waals surface area contributed by atoms with Crippen molar-refractivity contribution in [3.63, 3.8) is 0 Å². The molecule has 76 valence electrons. The molecule has 0 saturated carbocycles. The predicted octanol–water partition coefficient (Wildman–Crippen LogP) is 0.789. The fourth-order valence-corrected chi connectivity index (χ4v) is 1.84. The molecule has 0 amide bonds. The Morgan fingerprint density at radius 1 is 0.875 bits per heavy atom. The van der Waals surface area contributed by atoms with Crippen molar-refractivity contribution in [2.45, 2.75) is 4.90 Å². The molecule has 2 aromatic carbocycles. The van der Waals surface area contributed by atoms with E-state index in [0.29, 0.717) is 0 Å². The first-order valence-electron chi connectivity index (χ1n) is 4.04. The van der Waals surface area contributed by atoms with Gasteiger partial charge in [-0.2, -0.15) is 8.42 Å². The van der Waals surface area contributed by atoms with Gasteiger partial charge in [0, 0.05) is 0 Å². The van der Waals surface area contributed by atoms with Crippen molar-refractivity contribution >= 4 is 80.0 Å². The van der Waals surface area contributed by atoms with Crippen LogP contribution in [0.1, 0.15) is 0 Å². The predicted molar refractivity (Wildman–Crippen MR) is 68.1 cm³/mol. The first-order chi connectivity index (χ1) is 6.57. The number of benzene rings is 2. The average Bonchev–Trinajstić information content (AvgIpc) is 2.16. The first kappa shape index (κ1) is 16.6. The Morgan fingerprint density at radius 3 is 2.00 bits per heavy atom. The van der Waals surface area contributed by atoms with Gasteiger partial charge in [0.25, 0.3) is 10.1 Å². The molecule has 2 aromatic rings. The normalized spacial score (nSPS) is 10.3. The van der Waals surface area contributed by atoms with Gasteiger partial charge in [-0.25, -0.2) is 0 Å². The van der Waals surface area contributed by atoms with Gasteiger partial charge in [-0.05, 0) is 22.9 Å². The van der Waals surface area contributed by atoms with Gasteiger partial charge in [0.05, 0.1) is 4.90 Å². The van der Waals surface area contributed by atoms with Crippen LogP contribution in [0.3, 0.4) is 0 Å². The molecule has 16 heavy (non-hydrogen) atoms. The number of fused-ring (bicyclic) bond motifs is 1. The van der Waals surface area contributed by atoms with Crippen LogP contribution in [0, 0.1) is 0 Å². The third-order valence-electron chi connectivity index (χ3n) is 2.02. The van der Waals surface area contributed by atoms with Gasteiger partial charge in [-0.1, -0.05) is 30.3 Å². The fraction of sp³-hybridized carbons (Fsp3) is 0. The van der Waals surface area contributed by atoms with E-state index in [1.807, 2.05) is 18.2 Å². The third kappa shape index (κ3) is 3.82. The molecule has 2 rings (SSSR count). The zero-order valence-electron chi connectivity index (χ0n) is 7.21. The van der Waals surface area contributed by atoms with Crippen molar-refractivity contribution in [1.29, 1.82) is 0 Å². The molecule has 0 fully saturated rings. The quantitative estimate of drug-likeness (QED) is 0.606. The van der Waals surface area contributed by atoms with Crippen molar-refractivity contribution in [2.75, 3.05) is 0 Å². The molecular formula is C10H10Na2O3S. The second kappa shape index (κ2) is 6.52. The molecule has 0 aliphatic rings. The van der Waals surface area contributed by atoms with Crippen molar-refractivity contribution in [3.8, 4) is 0 Å². The summed E-state index contributed by atoms with van der Waals surface area (Å²) in [5, 5.41) is 1.74. The molecule has 0 aromatic heterocycles. The first-order valence-corrected chi connectivity index (χ1v) is 5.48. The van der Waals surface area contributed by atoms with Crippen LogP contribution in [-0.2, 0) is 10.1 Å².